The van der Waals surface area contributed by atoms with Crippen LogP contribution in [0.15, 0.2) is 0 Å². The minimum atomic E-state index is -0.711. The molecule has 4 heteroatoms. The fourth-order valence-corrected chi connectivity index (χ4v) is 0.372. The van der Waals surface area contributed by atoms with E-state index in [1.165, 1.54) is 0 Å². The van der Waals surface area contributed by atoms with Crippen LogP contribution in [0.1, 0.15) is 58.7 Å². The zero-order valence-corrected chi connectivity index (χ0v) is 7.84. The van der Waals surface area contributed by atoms with Crippen LogP contribution < -0.4 is 0 Å². The van der Waals surface area contributed by atoms with Gasteiger partial charge in [-0.25, -0.2) is 0 Å². The molecule has 0 aliphatic heterocycles. The fourth-order valence-electron chi connectivity index (χ4n) is 0.372. The third-order valence-corrected chi connectivity index (χ3v) is 0.976. The lowest BCUT2D eigenvalue weighted by Gasteiger charge is -1.79. The number of carboxylic acid groups (broad SMARTS) is 1. The van der Waals surface area contributed by atoms with Gasteiger partial charge in [0.05, 0.1) is 0 Å². The van der Waals surface area contributed by atoms with E-state index in [1.54, 1.807) is 0 Å². The van der Waals surface area contributed by atoms with Crippen LogP contribution in [-0.2, 0) is 4.79 Å². The van der Waals surface area contributed by atoms with Crippen LogP contribution in [0.25, 0.3) is 0 Å². The maximum absolute atomic E-state index is 9.60. The average Bonchev–Trinajstić information content (AvgIpc) is 1.90. The van der Waals surface area contributed by atoms with Crippen LogP contribution >= 0.6 is 0 Å². The highest BCUT2D eigenvalue weighted by Crippen LogP contribution is 1.82. The first-order valence-corrected chi connectivity index (χ1v) is 4.01. The molecular formula is C10H34O4. The first kappa shape index (κ1) is 29.2. The van der Waals surface area contributed by atoms with Gasteiger partial charge in [0, 0.05) is 17.3 Å². The summed E-state index contributed by atoms with van der Waals surface area (Å²) in [5, 5.41) is 16.0. The Morgan fingerprint density at radius 3 is 1.64 bits per heavy atom. The average molecular weight is 218 g/mol. The van der Waals surface area contributed by atoms with Gasteiger partial charge in [0.25, 0.3) is 0 Å². The number of aliphatic carboxylic acids is 1. The molecule has 0 heterocycles. The molecule has 0 aromatic rings. The Balaban J connectivity index is -0.0000000118. The van der Waals surface area contributed by atoms with Gasteiger partial charge < -0.3 is 15.7 Å². The topological polar surface area (TPSA) is 89.0 Å². The van der Waals surface area contributed by atoms with E-state index in [1.807, 2.05) is 6.92 Å². The third-order valence-electron chi connectivity index (χ3n) is 0.976. The van der Waals surface area contributed by atoms with Gasteiger partial charge in [-0.3, -0.25) is 4.79 Å². The lowest BCUT2D eigenvalue weighted by atomic mass is 10.4. The quantitative estimate of drug-likeness (QED) is 0.760. The van der Waals surface area contributed by atoms with Crippen LogP contribution in [0, 0.1) is 0 Å². The molecule has 4 nitrogen and oxygen atoms in total. The van der Waals surface area contributed by atoms with E-state index in [9.17, 15) is 4.79 Å². The highest BCUT2D eigenvalue weighted by atomic mass is 16.4. The van der Waals surface area contributed by atoms with Gasteiger partial charge in [-0.2, -0.15) is 0 Å². The summed E-state index contributed by atoms with van der Waals surface area (Å²) in [6.45, 7) is 4.24. The van der Waals surface area contributed by atoms with Crippen molar-refractivity contribution in [1.82, 2.24) is 0 Å². The Hall–Kier alpha value is -0.610. The van der Waals surface area contributed by atoms with Crippen molar-refractivity contribution >= 4 is 5.97 Å². The standard InChI is InChI=1S/C4H8O2.C4H10O.2CH4.H2O.3H2/c1-2-3-4(5)6;1-2-3-4-5;;;;;;/h2-3H2,1H3,(H,5,6);5H,2-4H2,1H3;2*1H4;1H2;3*1H. The number of hydrogen-bond acceptors (Lipinski definition) is 2. The molecule has 0 saturated heterocycles. The van der Waals surface area contributed by atoms with Gasteiger partial charge in [0.1, 0.15) is 0 Å². The summed E-state index contributed by atoms with van der Waals surface area (Å²) in [5.41, 5.74) is 0. The zero-order valence-electron chi connectivity index (χ0n) is 7.84. The summed E-state index contributed by atoms with van der Waals surface area (Å²) < 4.78 is 0. The SMILES string of the molecule is C.C.CCCC(=O)O.CCCCO.O.[HH].[HH].[HH]. The number of aliphatic hydroxyl groups excluding tert-OH is 1. The van der Waals surface area contributed by atoms with Crippen molar-refractivity contribution in [3.63, 3.8) is 0 Å². The number of unbranched alkanes of at least 4 members (excludes halogenated alkanes) is 1. The minimum Gasteiger partial charge on any atom is -0.481 e. The molecule has 98 valence electrons. The largest absolute Gasteiger partial charge is 0.481 e. The van der Waals surface area contributed by atoms with Gasteiger partial charge in [-0.05, 0) is 12.8 Å². The smallest absolute Gasteiger partial charge is 0.303 e. The molecule has 0 unspecified atom stereocenters. The van der Waals surface area contributed by atoms with Crippen molar-refractivity contribution in [2.24, 2.45) is 0 Å². The molecule has 0 spiro atoms. The molecule has 0 aromatic carbocycles. The highest BCUT2D eigenvalue weighted by molar-refractivity contribution is 5.66. The second kappa shape index (κ2) is 29.4. The van der Waals surface area contributed by atoms with Crippen LogP contribution in [0.2, 0.25) is 0 Å². The Bertz CT molecular complexity index is 93.6. The Morgan fingerprint density at radius 2 is 1.64 bits per heavy atom. The van der Waals surface area contributed by atoms with Crippen LogP contribution in [0.3, 0.4) is 0 Å². The summed E-state index contributed by atoms with van der Waals surface area (Å²) in [6.07, 6.45) is 3.06. The molecule has 14 heavy (non-hydrogen) atoms. The van der Waals surface area contributed by atoms with Crippen molar-refractivity contribution < 1.29 is 24.8 Å². The first-order chi connectivity index (χ1) is 5.18. The van der Waals surface area contributed by atoms with Crippen LogP contribution in [0.4, 0.5) is 0 Å². The minimum absolute atomic E-state index is 0. The van der Waals surface area contributed by atoms with E-state index in [4.69, 9.17) is 10.2 Å². The molecule has 0 bridgehead atoms. The number of carboxylic acids is 1. The van der Waals surface area contributed by atoms with Crippen LogP contribution in [-0.4, -0.2) is 28.3 Å². The van der Waals surface area contributed by atoms with Crippen molar-refractivity contribution in [3.05, 3.63) is 0 Å². The summed E-state index contributed by atoms with van der Waals surface area (Å²) in [6, 6.07) is 0. The van der Waals surface area contributed by atoms with Crippen molar-refractivity contribution in [3.8, 4) is 0 Å². The van der Waals surface area contributed by atoms with Crippen molar-refractivity contribution in [1.29, 1.82) is 0 Å². The molecule has 0 aromatic heterocycles. The monoisotopic (exact) mass is 218 g/mol. The fraction of sp³-hybridized carbons (Fsp3) is 0.900. The molecule has 0 amide bonds. The molecule has 0 fully saturated rings. The molecule has 0 saturated carbocycles. The molecule has 0 atom stereocenters. The molecule has 0 rings (SSSR count). The summed E-state index contributed by atoms with van der Waals surface area (Å²) in [4.78, 5) is 9.60. The molecule has 4 N–H and O–H groups in total. The Labute approximate surface area is 92.7 Å². The zero-order chi connectivity index (χ0) is 9.11. The van der Waals surface area contributed by atoms with E-state index in [-0.39, 0.29) is 24.6 Å². The number of hydrogen-bond donors (Lipinski definition) is 2. The maximum atomic E-state index is 9.60. The van der Waals surface area contributed by atoms with E-state index >= 15 is 0 Å². The predicted octanol–water partition coefficient (Wildman–Crippen LogP) is 2.84. The number of carbonyl (C=O) groups is 1. The lowest BCUT2D eigenvalue weighted by molar-refractivity contribution is -0.137. The first-order valence-electron chi connectivity index (χ1n) is 4.01. The van der Waals surface area contributed by atoms with Crippen LogP contribution in [0.5, 0.6) is 0 Å². The second-order valence-electron chi connectivity index (χ2n) is 2.22. The highest BCUT2D eigenvalue weighted by Gasteiger charge is 1.87. The second-order valence-corrected chi connectivity index (χ2v) is 2.22. The Morgan fingerprint density at radius 1 is 1.21 bits per heavy atom. The van der Waals surface area contributed by atoms with Crippen molar-refractivity contribution in [2.75, 3.05) is 6.61 Å². The van der Waals surface area contributed by atoms with Crippen molar-refractivity contribution in [2.45, 2.75) is 54.4 Å². The van der Waals surface area contributed by atoms with E-state index in [0.717, 1.165) is 19.3 Å². The number of rotatable bonds is 4. The summed E-state index contributed by atoms with van der Waals surface area (Å²) in [5.74, 6) is -0.711. The van der Waals surface area contributed by atoms with E-state index in [0.29, 0.717) is 13.0 Å². The lowest BCUT2D eigenvalue weighted by Crippen LogP contribution is -1.90. The van der Waals surface area contributed by atoms with E-state index in [2.05, 4.69) is 6.92 Å². The van der Waals surface area contributed by atoms with Gasteiger partial charge in [-0.15, -0.1) is 0 Å². The molecule has 0 aliphatic rings. The molecule has 0 radical (unpaired) electrons. The third kappa shape index (κ3) is 63.8. The van der Waals surface area contributed by atoms with Gasteiger partial charge in [0.15, 0.2) is 0 Å². The van der Waals surface area contributed by atoms with Gasteiger partial charge in [-0.1, -0.05) is 35.1 Å². The number of aliphatic hydroxyl groups is 1. The normalized spacial score (nSPS) is 6.50. The Kier molecular flexibility index (Phi) is 61.4. The molecule has 0 aliphatic carbocycles. The van der Waals surface area contributed by atoms with Gasteiger partial charge in [0.2, 0.25) is 0 Å². The van der Waals surface area contributed by atoms with Gasteiger partial charge >= 0.3 is 5.97 Å². The summed E-state index contributed by atoms with van der Waals surface area (Å²) >= 11 is 0. The summed E-state index contributed by atoms with van der Waals surface area (Å²) in [7, 11) is 0. The maximum Gasteiger partial charge on any atom is 0.303 e. The molecular weight excluding hydrogens is 184 g/mol. The van der Waals surface area contributed by atoms with E-state index < -0.39 is 5.97 Å². The predicted molar refractivity (Wildman–Crippen MR) is 68.0 cm³/mol.